The van der Waals surface area contributed by atoms with Crippen molar-refractivity contribution in [1.82, 2.24) is 0 Å². The summed E-state index contributed by atoms with van der Waals surface area (Å²) in [5, 5.41) is 12.8. The Kier molecular flexibility index (Phi) is 4.14. The molecule has 0 heterocycles. The largest absolute Gasteiger partial charge is 0.457 e. The van der Waals surface area contributed by atoms with E-state index in [-0.39, 0.29) is 5.71 Å². The van der Waals surface area contributed by atoms with Gasteiger partial charge < -0.3 is 9.57 Å². The highest BCUT2D eigenvalue weighted by molar-refractivity contribution is 6.13. The molecular weight excluding hydrogens is 240 g/mol. The van der Waals surface area contributed by atoms with Crippen molar-refractivity contribution in [2.24, 2.45) is 5.16 Å². The molecule has 2 aromatic rings. The average molecular weight is 252 g/mol. The van der Waals surface area contributed by atoms with Crippen molar-refractivity contribution in [3.8, 4) is 17.6 Å². The summed E-state index contributed by atoms with van der Waals surface area (Å²) in [5.74, 6) is 1.26. The maximum atomic E-state index is 9.08. The third-order valence-corrected chi connectivity index (χ3v) is 2.40. The number of oxime groups is 1. The molecule has 2 aromatic carbocycles. The van der Waals surface area contributed by atoms with Crippen molar-refractivity contribution < 1.29 is 9.57 Å². The molecule has 0 saturated heterocycles. The summed E-state index contributed by atoms with van der Waals surface area (Å²) in [6, 6.07) is 18.5. The molecule has 0 spiro atoms. The highest BCUT2D eigenvalue weighted by Gasteiger charge is 2.11. The standard InChI is InChI=1S/C15H12N2O2/c1-18-17-14(11-16)13-9-5-6-10-15(13)19-12-7-3-2-4-8-12/h2-10H,1H3. The normalized spacial score (nSPS) is 10.6. The van der Waals surface area contributed by atoms with Crippen LogP contribution >= 0.6 is 0 Å². The molecule has 0 aromatic heterocycles. The van der Waals surface area contributed by atoms with Gasteiger partial charge in [0, 0.05) is 0 Å². The SMILES string of the molecule is CON=C(C#N)c1ccccc1Oc1ccccc1. The summed E-state index contributed by atoms with van der Waals surface area (Å²) in [4.78, 5) is 4.66. The van der Waals surface area contributed by atoms with Crippen LogP contribution < -0.4 is 4.74 Å². The van der Waals surface area contributed by atoms with Gasteiger partial charge in [0.25, 0.3) is 0 Å². The minimum Gasteiger partial charge on any atom is -0.457 e. The second-order valence-corrected chi connectivity index (χ2v) is 3.65. The Balaban J connectivity index is 2.37. The fourth-order valence-electron chi connectivity index (χ4n) is 1.59. The van der Waals surface area contributed by atoms with Gasteiger partial charge >= 0.3 is 0 Å². The van der Waals surface area contributed by atoms with Crippen molar-refractivity contribution in [3.05, 3.63) is 60.2 Å². The van der Waals surface area contributed by atoms with E-state index >= 15 is 0 Å². The summed E-state index contributed by atoms with van der Waals surface area (Å²) in [6.45, 7) is 0. The maximum Gasteiger partial charge on any atom is 0.190 e. The molecule has 94 valence electrons. The fourth-order valence-corrected chi connectivity index (χ4v) is 1.59. The van der Waals surface area contributed by atoms with Crippen molar-refractivity contribution in [3.63, 3.8) is 0 Å². The van der Waals surface area contributed by atoms with Crippen molar-refractivity contribution in [2.45, 2.75) is 0 Å². The van der Waals surface area contributed by atoms with Crippen LogP contribution in [0.4, 0.5) is 0 Å². The van der Waals surface area contributed by atoms with Crippen molar-refractivity contribution in [2.75, 3.05) is 7.11 Å². The topological polar surface area (TPSA) is 54.6 Å². The predicted molar refractivity (Wildman–Crippen MR) is 72.1 cm³/mol. The minimum absolute atomic E-state index is 0.175. The Morgan fingerprint density at radius 1 is 1.05 bits per heavy atom. The van der Waals surface area contributed by atoms with Gasteiger partial charge in [0.2, 0.25) is 0 Å². The summed E-state index contributed by atoms with van der Waals surface area (Å²) < 4.78 is 5.75. The fraction of sp³-hybridized carbons (Fsp3) is 0.0667. The number of ether oxygens (including phenoxy) is 1. The molecule has 0 fully saturated rings. The monoisotopic (exact) mass is 252 g/mol. The first-order chi connectivity index (χ1) is 9.35. The second kappa shape index (κ2) is 6.22. The Bertz CT molecular complexity index is 616. The van der Waals surface area contributed by atoms with Crippen LogP contribution in [0.25, 0.3) is 0 Å². The molecule has 0 saturated carbocycles. The molecule has 0 amide bonds. The van der Waals surface area contributed by atoms with Crippen LogP contribution in [0.5, 0.6) is 11.5 Å². The smallest absolute Gasteiger partial charge is 0.190 e. The van der Waals surface area contributed by atoms with E-state index in [2.05, 4.69) is 9.99 Å². The average Bonchev–Trinajstić information content (AvgIpc) is 2.47. The van der Waals surface area contributed by atoms with E-state index in [1.165, 1.54) is 7.11 Å². The number of nitrogens with zero attached hydrogens (tertiary/aromatic N) is 2. The molecule has 0 bridgehead atoms. The van der Waals surface area contributed by atoms with E-state index < -0.39 is 0 Å². The van der Waals surface area contributed by atoms with E-state index in [4.69, 9.17) is 10.00 Å². The van der Waals surface area contributed by atoms with Crippen LogP contribution in [-0.2, 0) is 4.84 Å². The summed E-state index contributed by atoms with van der Waals surface area (Å²) in [7, 11) is 1.40. The van der Waals surface area contributed by atoms with Gasteiger partial charge in [-0.1, -0.05) is 35.5 Å². The molecular formula is C15H12N2O2. The Labute approximate surface area is 111 Å². The first kappa shape index (κ1) is 12.7. The van der Waals surface area contributed by atoms with Crippen molar-refractivity contribution in [1.29, 1.82) is 5.26 Å². The van der Waals surface area contributed by atoms with Crippen LogP contribution in [0.2, 0.25) is 0 Å². The zero-order valence-electron chi connectivity index (χ0n) is 10.4. The number of benzene rings is 2. The zero-order chi connectivity index (χ0) is 13.5. The molecule has 0 unspecified atom stereocenters. The van der Waals surface area contributed by atoms with Gasteiger partial charge in [-0.3, -0.25) is 0 Å². The molecule has 0 aliphatic heterocycles. The molecule has 0 N–H and O–H groups in total. The van der Waals surface area contributed by atoms with E-state index in [1.54, 1.807) is 12.1 Å². The van der Waals surface area contributed by atoms with Crippen LogP contribution in [0.1, 0.15) is 5.56 Å². The number of nitriles is 1. The Hall–Kier alpha value is -2.80. The number of para-hydroxylation sites is 2. The highest BCUT2D eigenvalue weighted by atomic mass is 16.6. The third kappa shape index (κ3) is 3.11. The quantitative estimate of drug-likeness (QED) is 0.619. The summed E-state index contributed by atoms with van der Waals surface area (Å²) in [5.41, 5.74) is 0.768. The van der Waals surface area contributed by atoms with Gasteiger partial charge in [-0.25, -0.2) is 0 Å². The summed E-state index contributed by atoms with van der Waals surface area (Å²) in [6.07, 6.45) is 0. The van der Waals surface area contributed by atoms with E-state index in [9.17, 15) is 0 Å². The van der Waals surface area contributed by atoms with Gasteiger partial charge in [-0.15, -0.1) is 0 Å². The second-order valence-electron chi connectivity index (χ2n) is 3.65. The third-order valence-electron chi connectivity index (χ3n) is 2.40. The first-order valence-corrected chi connectivity index (χ1v) is 5.68. The number of hydrogen-bond donors (Lipinski definition) is 0. The molecule has 0 aliphatic carbocycles. The molecule has 19 heavy (non-hydrogen) atoms. The lowest BCUT2D eigenvalue weighted by atomic mass is 10.1. The molecule has 0 aliphatic rings. The minimum atomic E-state index is 0.175. The Morgan fingerprint density at radius 3 is 2.42 bits per heavy atom. The van der Waals surface area contributed by atoms with E-state index in [0.29, 0.717) is 17.1 Å². The van der Waals surface area contributed by atoms with Gasteiger partial charge in [-0.05, 0) is 24.3 Å². The van der Waals surface area contributed by atoms with Crippen LogP contribution in [0.15, 0.2) is 59.8 Å². The van der Waals surface area contributed by atoms with Crippen LogP contribution in [0.3, 0.4) is 0 Å². The lowest BCUT2D eigenvalue weighted by molar-refractivity contribution is 0.214. The van der Waals surface area contributed by atoms with Crippen LogP contribution in [0, 0.1) is 11.3 Å². The van der Waals surface area contributed by atoms with Gasteiger partial charge in [0.15, 0.2) is 5.71 Å². The molecule has 0 atom stereocenters. The molecule has 4 heteroatoms. The lowest BCUT2D eigenvalue weighted by Crippen LogP contribution is -2.01. The summed E-state index contributed by atoms with van der Waals surface area (Å²) >= 11 is 0. The van der Waals surface area contributed by atoms with Gasteiger partial charge in [0.1, 0.15) is 24.7 Å². The zero-order valence-corrected chi connectivity index (χ0v) is 10.4. The van der Waals surface area contributed by atoms with E-state index in [0.717, 1.165) is 0 Å². The van der Waals surface area contributed by atoms with Crippen molar-refractivity contribution >= 4 is 5.71 Å². The number of rotatable bonds is 4. The van der Waals surface area contributed by atoms with Crippen LogP contribution in [-0.4, -0.2) is 12.8 Å². The highest BCUT2D eigenvalue weighted by Crippen LogP contribution is 2.25. The Morgan fingerprint density at radius 2 is 1.74 bits per heavy atom. The molecule has 0 radical (unpaired) electrons. The first-order valence-electron chi connectivity index (χ1n) is 5.68. The van der Waals surface area contributed by atoms with E-state index in [1.807, 2.05) is 48.5 Å². The van der Waals surface area contributed by atoms with Gasteiger partial charge in [0.05, 0.1) is 5.56 Å². The molecule has 2 rings (SSSR count). The maximum absolute atomic E-state index is 9.08. The van der Waals surface area contributed by atoms with Gasteiger partial charge in [-0.2, -0.15) is 5.26 Å². The lowest BCUT2D eigenvalue weighted by Gasteiger charge is -2.09. The molecule has 4 nitrogen and oxygen atoms in total. The number of hydrogen-bond acceptors (Lipinski definition) is 4. The predicted octanol–water partition coefficient (Wildman–Crippen LogP) is 3.35.